The first-order valence-corrected chi connectivity index (χ1v) is 17.1. The van der Waals surface area contributed by atoms with Gasteiger partial charge in [-0.05, 0) is 69.5 Å². The van der Waals surface area contributed by atoms with Crippen molar-refractivity contribution in [1.82, 2.24) is 15.0 Å². The zero-order valence-electron chi connectivity index (χ0n) is 26.8. The largest absolute Gasteiger partial charge is 0.208 e. The van der Waals surface area contributed by atoms with Crippen LogP contribution in [0.5, 0.6) is 0 Å². The Bertz CT molecular complexity index is 2250. The molecule has 3 nitrogen and oxygen atoms in total. The smallest absolute Gasteiger partial charge is 0.164 e. The van der Waals surface area contributed by atoms with Gasteiger partial charge in [0.15, 0.2) is 17.5 Å². The number of hydrogen-bond donors (Lipinski definition) is 0. The predicted octanol–water partition coefficient (Wildman–Crippen LogP) is 11.4. The molecule has 9 rings (SSSR count). The van der Waals surface area contributed by atoms with Crippen molar-refractivity contribution in [2.75, 3.05) is 0 Å². The fourth-order valence-electron chi connectivity index (χ4n) is 7.97. The highest BCUT2D eigenvalue weighted by atomic mass is 15.0. The molecular formula is C45H35N3. The van der Waals surface area contributed by atoms with E-state index in [0.29, 0.717) is 17.5 Å². The van der Waals surface area contributed by atoms with Crippen molar-refractivity contribution < 1.29 is 0 Å². The average Bonchev–Trinajstić information content (AvgIpc) is 3.43. The van der Waals surface area contributed by atoms with Gasteiger partial charge in [-0.3, -0.25) is 0 Å². The van der Waals surface area contributed by atoms with Gasteiger partial charge < -0.3 is 0 Å². The van der Waals surface area contributed by atoms with Gasteiger partial charge in [0.25, 0.3) is 0 Å². The molecule has 0 saturated heterocycles. The van der Waals surface area contributed by atoms with E-state index in [1.807, 2.05) is 24.3 Å². The second-order valence-corrected chi connectivity index (χ2v) is 13.1. The topological polar surface area (TPSA) is 38.7 Å². The van der Waals surface area contributed by atoms with E-state index >= 15 is 0 Å². The quantitative estimate of drug-likeness (QED) is 0.193. The van der Waals surface area contributed by atoms with Gasteiger partial charge in [-0.1, -0.05) is 159 Å². The normalized spacial score (nSPS) is 14.4. The molecule has 1 aromatic heterocycles. The summed E-state index contributed by atoms with van der Waals surface area (Å²) in [5, 5.41) is 0. The zero-order chi connectivity index (χ0) is 31.9. The number of benzene rings is 6. The monoisotopic (exact) mass is 617 g/mol. The van der Waals surface area contributed by atoms with Crippen LogP contribution < -0.4 is 0 Å². The van der Waals surface area contributed by atoms with E-state index in [4.69, 9.17) is 15.0 Å². The van der Waals surface area contributed by atoms with Crippen molar-refractivity contribution in [2.24, 2.45) is 0 Å². The van der Waals surface area contributed by atoms with Crippen molar-refractivity contribution in [3.63, 3.8) is 0 Å². The van der Waals surface area contributed by atoms with Crippen LogP contribution in [0, 0.1) is 0 Å². The molecule has 0 unspecified atom stereocenters. The molecule has 1 fully saturated rings. The molecule has 7 aromatic rings. The third kappa shape index (κ3) is 4.94. The van der Waals surface area contributed by atoms with Crippen molar-refractivity contribution in [3.8, 4) is 67.5 Å². The van der Waals surface area contributed by atoms with E-state index in [2.05, 4.69) is 127 Å². The molecule has 48 heavy (non-hydrogen) atoms. The summed E-state index contributed by atoms with van der Waals surface area (Å²) in [5.74, 6) is 1.99. The molecule has 1 saturated carbocycles. The van der Waals surface area contributed by atoms with Crippen LogP contribution in [0.25, 0.3) is 67.5 Å². The van der Waals surface area contributed by atoms with Crippen LogP contribution in [-0.4, -0.2) is 15.0 Å². The minimum atomic E-state index is 0.181. The maximum absolute atomic E-state index is 5.03. The Kier molecular flexibility index (Phi) is 7.04. The lowest BCUT2D eigenvalue weighted by Crippen LogP contribution is -2.27. The van der Waals surface area contributed by atoms with Gasteiger partial charge in [0.1, 0.15) is 0 Å². The molecule has 0 radical (unpaired) electrons. The Balaban J connectivity index is 1.10. The van der Waals surface area contributed by atoms with E-state index in [1.54, 1.807) is 0 Å². The molecule has 2 aliphatic carbocycles. The molecule has 3 heteroatoms. The molecule has 1 spiro atoms. The summed E-state index contributed by atoms with van der Waals surface area (Å²) in [4.78, 5) is 15.0. The van der Waals surface area contributed by atoms with Crippen LogP contribution in [0.3, 0.4) is 0 Å². The van der Waals surface area contributed by atoms with Gasteiger partial charge in [0.05, 0.1) is 0 Å². The van der Waals surface area contributed by atoms with Crippen molar-refractivity contribution in [3.05, 3.63) is 163 Å². The molecule has 1 heterocycles. The third-order valence-electron chi connectivity index (χ3n) is 10.3. The van der Waals surface area contributed by atoms with Crippen LogP contribution in [0.1, 0.15) is 43.2 Å². The van der Waals surface area contributed by atoms with Crippen LogP contribution in [0.4, 0.5) is 0 Å². The van der Waals surface area contributed by atoms with Crippen molar-refractivity contribution in [2.45, 2.75) is 37.5 Å². The standard InChI is InChI=1S/C45H35N3/c1-4-13-31(14-5-1)35-17-12-18-37(29-35)44-47-42(33-15-6-2-7-16-33)46-43(48-44)34-23-21-32(22-24-34)36-25-26-41-39(30-36)38-19-8-9-20-40(38)45(41)27-10-3-11-28-45/h1-2,4-9,12-26,29-30H,3,10-11,27-28H2. The molecule has 0 N–H and O–H groups in total. The first-order chi connectivity index (χ1) is 23.7. The molecular weight excluding hydrogens is 583 g/mol. The highest BCUT2D eigenvalue weighted by molar-refractivity contribution is 5.85. The fraction of sp³-hybridized carbons (Fsp3) is 0.133. The van der Waals surface area contributed by atoms with Gasteiger partial charge >= 0.3 is 0 Å². The summed E-state index contributed by atoms with van der Waals surface area (Å²) in [6.07, 6.45) is 6.46. The van der Waals surface area contributed by atoms with Gasteiger partial charge in [-0.15, -0.1) is 0 Å². The number of aromatic nitrogens is 3. The third-order valence-corrected chi connectivity index (χ3v) is 10.3. The number of fused-ring (bicyclic) bond motifs is 5. The van der Waals surface area contributed by atoms with Crippen molar-refractivity contribution in [1.29, 1.82) is 0 Å². The zero-order valence-corrected chi connectivity index (χ0v) is 26.8. The summed E-state index contributed by atoms with van der Waals surface area (Å²) in [7, 11) is 0. The van der Waals surface area contributed by atoms with Crippen LogP contribution >= 0.6 is 0 Å². The Hall–Kier alpha value is -5.67. The molecule has 0 atom stereocenters. The predicted molar refractivity (Wildman–Crippen MR) is 196 cm³/mol. The summed E-state index contributed by atoms with van der Waals surface area (Å²) in [6.45, 7) is 0. The first kappa shape index (κ1) is 28.5. The summed E-state index contributed by atoms with van der Waals surface area (Å²) < 4.78 is 0. The van der Waals surface area contributed by atoms with Crippen LogP contribution in [-0.2, 0) is 5.41 Å². The van der Waals surface area contributed by atoms with Gasteiger partial charge in [0.2, 0.25) is 0 Å². The number of rotatable bonds is 5. The minimum absolute atomic E-state index is 0.181. The Morgan fingerprint density at radius 2 is 0.812 bits per heavy atom. The lowest BCUT2D eigenvalue weighted by Gasteiger charge is -2.36. The Labute approximate surface area is 282 Å². The molecule has 0 bridgehead atoms. The average molecular weight is 618 g/mol. The highest BCUT2D eigenvalue weighted by Crippen LogP contribution is 2.56. The number of hydrogen-bond acceptors (Lipinski definition) is 3. The SMILES string of the molecule is c1ccc(-c2cccc(-c3nc(-c4ccccc4)nc(-c4ccc(-c5ccc6c(c5)-c5ccccc5C65CCCCC5)cc4)n3)c2)cc1. The van der Waals surface area contributed by atoms with Gasteiger partial charge in [0, 0.05) is 22.1 Å². The first-order valence-electron chi connectivity index (χ1n) is 17.1. The minimum Gasteiger partial charge on any atom is -0.208 e. The van der Waals surface area contributed by atoms with E-state index in [9.17, 15) is 0 Å². The number of nitrogens with zero attached hydrogens (tertiary/aromatic N) is 3. The Morgan fingerprint density at radius 1 is 0.333 bits per heavy atom. The maximum atomic E-state index is 5.03. The molecule has 0 amide bonds. The Morgan fingerprint density at radius 3 is 1.54 bits per heavy atom. The second kappa shape index (κ2) is 11.8. The van der Waals surface area contributed by atoms with E-state index in [0.717, 1.165) is 27.8 Å². The lowest BCUT2D eigenvalue weighted by atomic mass is 9.68. The van der Waals surface area contributed by atoms with E-state index < -0.39 is 0 Å². The summed E-state index contributed by atoms with van der Waals surface area (Å²) >= 11 is 0. The van der Waals surface area contributed by atoms with Gasteiger partial charge in [-0.2, -0.15) is 0 Å². The molecule has 0 aliphatic heterocycles. The van der Waals surface area contributed by atoms with Crippen LogP contribution in [0.15, 0.2) is 152 Å². The molecule has 2 aliphatic rings. The van der Waals surface area contributed by atoms with Gasteiger partial charge in [-0.25, -0.2) is 15.0 Å². The highest BCUT2D eigenvalue weighted by Gasteiger charge is 2.43. The van der Waals surface area contributed by atoms with Crippen LogP contribution in [0.2, 0.25) is 0 Å². The maximum Gasteiger partial charge on any atom is 0.164 e. The summed E-state index contributed by atoms with van der Waals surface area (Å²) in [6, 6.07) is 54.0. The molecule has 230 valence electrons. The lowest BCUT2D eigenvalue weighted by molar-refractivity contribution is 0.353. The molecule has 6 aromatic carbocycles. The van der Waals surface area contributed by atoms with E-state index in [-0.39, 0.29) is 5.41 Å². The second-order valence-electron chi connectivity index (χ2n) is 13.1. The van der Waals surface area contributed by atoms with Crippen molar-refractivity contribution >= 4 is 0 Å². The fourth-order valence-corrected chi connectivity index (χ4v) is 7.97. The summed E-state index contributed by atoms with van der Waals surface area (Å²) in [5.41, 5.74) is 13.7. The van der Waals surface area contributed by atoms with E-state index in [1.165, 1.54) is 65.5 Å².